The normalized spacial score (nSPS) is 10.4. The summed E-state index contributed by atoms with van der Waals surface area (Å²) in [5.41, 5.74) is 2.09. The average molecular weight is 211 g/mol. The van der Waals surface area contributed by atoms with Gasteiger partial charge in [-0.25, -0.2) is 10.8 Å². The Balaban J connectivity index is 2.96. The molecule has 0 atom stereocenters. The van der Waals surface area contributed by atoms with E-state index in [-0.39, 0.29) is 16.5 Å². The van der Waals surface area contributed by atoms with Crippen molar-refractivity contribution in [1.29, 1.82) is 0 Å². The van der Waals surface area contributed by atoms with Crippen LogP contribution in [0.3, 0.4) is 0 Å². The Morgan fingerprint density at radius 2 is 2.36 bits per heavy atom. The molecule has 4 N–H and O–H groups in total. The van der Waals surface area contributed by atoms with Gasteiger partial charge in [-0.15, -0.1) is 0 Å². The maximum Gasteiger partial charge on any atom is 0.259 e. The van der Waals surface area contributed by atoms with Crippen LogP contribution >= 0.6 is 11.6 Å². The molecule has 0 amide bonds. The van der Waals surface area contributed by atoms with Gasteiger partial charge in [-0.05, 0) is 17.5 Å². The van der Waals surface area contributed by atoms with Gasteiger partial charge in [0.1, 0.15) is 5.15 Å². The molecule has 0 aromatic carbocycles. The molecular weight excluding hydrogens is 204 g/mol. The largest absolute Gasteiger partial charge is 0.328 e. The molecule has 2 aromatic rings. The van der Waals surface area contributed by atoms with E-state index in [2.05, 4.69) is 15.4 Å². The minimum atomic E-state index is -0.250. The summed E-state index contributed by atoms with van der Waals surface area (Å²) < 4.78 is 0. The lowest BCUT2D eigenvalue weighted by Crippen LogP contribution is -2.14. The molecule has 2 aromatic heterocycles. The predicted molar refractivity (Wildman–Crippen MR) is 55.2 cm³/mol. The summed E-state index contributed by atoms with van der Waals surface area (Å²) in [5.74, 6) is 5.50. The maximum absolute atomic E-state index is 11.4. The molecule has 0 bridgehead atoms. The number of halogens is 1. The molecule has 0 radical (unpaired) electrons. The van der Waals surface area contributed by atoms with Crippen LogP contribution < -0.4 is 16.8 Å². The highest BCUT2D eigenvalue weighted by Gasteiger charge is 2.06. The Morgan fingerprint density at radius 3 is 3.07 bits per heavy atom. The van der Waals surface area contributed by atoms with Crippen LogP contribution in [0.25, 0.3) is 10.8 Å². The average Bonchev–Trinajstić information content (AvgIpc) is 2.16. The van der Waals surface area contributed by atoms with Gasteiger partial charge in [0.25, 0.3) is 5.56 Å². The van der Waals surface area contributed by atoms with Crippen LogP contribution in [-0.2, 0) is 0 Å². The molecule has 0 aliphatic carbocycles. The van der Waals surface area contributed by atoms with E-state index >= 15 is 0 Å². The summed E-state index contributed by atoms with van der Waals surface area (Å²) in [4.78, 5) is 17.9. The molecule has 2 rings (SSSR count). The van der Waals surface area contributed by atoms with Crippen molar-refractivity contribution in [3.8, 4) is 0 Å². The van der Waals surface area contributed by atoms with Crippen LogP contribution in [-0.4, -0.2) is 9.97 Å². The Bertz CT molecular complexity index is 536. The molecule has 2 heterocycles. The van der Waals surface area contributed by atoms with Crippen LogP contribution in [0.2, 0.25) is 5.15 Å². The van der Waals surface area contributed by atoms with Crippen molar-refractivity contribution in [1.82, 2.24) is 9.97 Å². The van der Waals surface area contributed by atoms with Gasteiger partial charge in [-0.1, -0.05) is 11.6 Å². The summed E-state index contributed by atoms with van der Waals surface area (Å²) >= 11 is 5.74. The van der Waals surface area contributed by atoms with Gasteiger partial charge in [0.15, 0.2) is 5.82 Å². The van der Waals surface area contributed by atoms with E-state index in [1.807, 2.05) is 0 Å². The topological polar surface area (TPSA) is 83.8 Å². The second kappa shape index (κ2) is 3.28. The fraction of sp³-hybridized carbons (Fsp3) is 0. The summed E-state index contributed by atoms with van der Waals surface area (Å²) in [7, 11) is 0. The molecular formula is C8H7ClN4O. The molecule has 0 spiro atoms. The number of hydrazine groups is 1. The molecule has 0 aliphatic heterocycles. The number of aromatic nitrogens is 2. The highest BCUT2D eigenvalue weighted by atomic mass is 35.5. The van der Waals surface area contributed by atoms with Crippen molar-refractivity contribution in [3.63, 3.8) is 0 Å². The second-order valence-corrected chi connectivity index (χ2v) is 3.10. The number of anilines is 1. The van der Waals surface area contributed by atoms with E-state index in [4.69, 9.17) is 17.4 Å². The van der Waals surface area contributed by atoms with E-state index < -0.39 is 0 Å². The van der Waals surface area contributed by atoms with Crippen molar-refractivity contribution in [3.05, 3.63) is 33.8 Å². The number of rotatable bonds is 1. The Hall–Kier alpha value is -1.59. The zero-order valence-corrected chi connectivity index (χ0v) is 7.80. The SMILES string of the molecule is NNc1nc(Cl)cc2cc[nH]c(=O)c12. The number of hydrogen-bond donors (Lipinski definition) is 3. The van der Waals surface area contributed by atoms with Crippen LogP contribution in [0.1, 0.15) is 0 Å². The quantitative estimate of drug-likeness (QED) is 0.370. The third-order valence-corrected chi connectivity index (χ3v) is 2.05. The Labute approximate surface area is 83.9 Å². The van der Waals surface area contributed by atoms with Crippen molar-refractivity contribution >= 4 is 28.2 Å². The molecule has 0 fully saturated rings. The molecule has 14 heavy (non-hydrogen) atoms. The molecule has 72 valence electrons. The van der Waals surface area contributed by atoms with Gasteiger partial charge >= 0.3 is 0 Å². The van der Waals surface area contributed by atoms with Gasteiger partial charge < -0.3 is 10.4 Å². The summed E-state index contributed by atoms with van der Waals surface area (Å²) in [6.07, 6.45) is 1.54. The number of nitrogens with zero attached hydrogens (tertiary/aromatic N) is 1. The number of H-pyrrole nitrogens is 1. The predicted octanol–water partition coefficient (Wildman–Crippen LogP) is 0.862. The van der Waals surface area contributed by atoms with Crippen LogP contribution in [0.5, 0.6) is 0 Å². The van der Waals surface area contributed by atoms with Crippen molar-refractivity contribution in [2.75, 3.05) is 5.43 Å². The number of nitrogen functional groups attached to an aromatic ring is 1. The first-order chi connectivity index (χ1) is 6.72. The van der Waals surface area contributed by atoms with Gasteiger partial charge in [0.05, 0.1) is 5.39 Å². The number of aromatic amines is 1. The van der Waals surface area contributed by atoms with Crippen LogP contribution in [0, 0.1) is 0 Å². The first-order valence-corrected chi connectivity index (χ1v) is 4.24. The first kappa shape index (κ1) is 8.98. The lowest BCUT2D eigenvalue weighted by atomic mass is 10.2. The third kappa shape index (κ3) is 1.32. The minimum absolute atomic E-state index is 0.250. The lowest BCUT2D eigenvalue weighted by molar-refractivity contribution is 1.22. The van der Waals surface area contributed by atoms with E-state index in [1.54, 1.807) is 18.3 Å². The lowest BCUT2D eigenvalue weighted by Gasteiger charge is -2.03. The van der Waals surface area contributed by atoms with Crippen molar-refractivity contribution in [2.45, 2.75) is 0 Å². The zero-order valence-electron chi connectivity index (χ0n) is 7.04. The monoisotopic (exact) mass is 210 g/mol. The van der Waals surface area contributed by atoms with Crippen molar-refractivity contribution < 1.29 is 0 Å². The standard InChI is InChI=1S/C8H7ClN4O/c9-5-3-4-1-2-11-8(14)6(4)7(12-5)13-10/h1-3H,10H2,(H,11,14)(H,12,13). The molecule has 0 unspecified atom stereocenters. The van der Waals surface area contributed by atoms with E-state index in [0.29, 0.717) is 10.8 Å². The number of fused-ring (bicyclic) bond motifs is 1. The van der Waals surface area contributed by atoms with Crippen molar-refractivity contribution in [2.24, 2.45) is 5.84 Å². The second-order valence-electron chi connectivity index (χ2n) is 2.71. The highest BCUT2D eigenvalue weighted by Crippen LogP contribution is 2.20. The number of nitrogens with one attached hydrogen (secondary N) is 2. The van der Waals surface area contributed by atoms with Gasteiger partial charge in [0, 0.05) is 6.20 Å². The van der Waals surface area contributed by atoms with E-state index in [9.17, 15) is 4.79 Å². The van der Waals surface area contributed by atoms with E-state index in [1.165, 1.54) is 0 Å². The van der Waals surface area contributed by atoms with Gasteiger partial charge in [-0.2, -0.15) is 0 Å². The minimum Gasteiger partial charge on any atom is -0.328 e. The van der Waals surface area contributed by atoms with Gasteiger partial charge in [-0.3, -0.25) is 4.79 Å². The maximum atomic E-state index is 11.4. The summed E-state index contributed by atoms with van der Waals surface area (Å²) in [6, 6.07) is 3.33. The molecule has 0 saturated heterocycles. The summed E-state index contributed by atoms with van der Waals surface area (Å²) in [6.45, 7) is 0. The van der Waals surface area contributed by atoms with Crippen LogP contribution in [0.4, 0.5) is 5.82 Å². The molecule has 0 aliphatic rings. The fourth-order valence-corrected chi connectivity index (χ4v) is 1.49. The first-order valence-electron chi connectivity index (χ1n) is 3.87. The number of hydrogen-bond acceptors (Lipinski definition) is 4. The summed E-state index contributed by atoms with van der Waals surface area (Å²) in [5, 5.41) is 1.39. The number of pyridine rings is 2. The Kier molecular flexibility index (Phi) is 2.11. The number of nitrogens with two attached hydrogens (primary N) is 1. The highest BCUT2D eigenvalue weighted by molar-refractivity contribution is 6.30. The third-order valence-electron chi connectivity index (χ3n) is 1.86. The van der Waals surface area contributed by atoms with Gasteiger partial charge in [0.2, 0.25) is 0 Å². The Morgan fingerprint density at radius 1 is 1.57 bits per heavy atom. The smallest absolute Gasteiger partial charge is 0.259 e. The van der Waals surface area contributed by atoms with E-state index in [0.717, 1.165) is 0 Å². The zero-order chi connectivity index (χ0) is 10.1. The molecule has 6 heteroatoms. The molecule has 0 saturated carbocycles. The fourth-order valence-electron chi connectivity index (χ4n) is 1.29. The van der Waals surface area contributed by atoms with Crippen LogP contribution in [0.15, 0.2) is 23.1 Å². The molecule has 5 nitrogen and oxygen atoms in total.